The predicted octanol–water partition coefficient (Wildman–Crippen LogP) is 2.09. The van der Waals surface area contributed by atoms with Crippen LogP contribution < -0.4 is 10.0 Å². The Balaban J connectivity index is 2.06. The van der Waals surface area contributed by atoms with Crippen LogP contribution in [0.15, 0.2) is 42.6 Å². The van der Waals surface area contributed by atoms with Gasteiger partial charge in [0.15, 0.2) is 6.20 Å². The number of aromatic nitrogens is 1. The highest BCUT2D eigenvalue weighted by molar-refractivity contribution is 6.36. The summed E-state index contributed by atoms with van der Waals surface area (Å²) < 4.78 is 0.449. The van der Waals surface area contributed by atoms with Gasteiger partial charge >= 0.3 is 5.91 Å². The Kier molecular flexibility index (Phi) is 5.01. The first kappa shape index (κ1) is 15.6. The second kappa shape index (κ2) is 6.76. The van der Waals surface area contributed by atoms with Crippen molar-refractivity contribution in [3.8, 4) is 0 Å². The van der Waals surface area contributed by atoms with Crippen molar-refractivity contribution >= 4 is 29.1 Å². The van der Waals surface area contributed by atoms with E-state index in [9.17, 15) is 15.1 Å². The zero-order valence-corrected chi connectivity index (χ0v) is 12.3. The maximum absolute atomic E-state index is 11.9. The van der Waals surface area contributed by atoms with E-state index in [1.54, 1.807) is 24.3 Å². The summed E-state index contributed by atoms with van der Waals surface area (Å²) in [5.41, 5.74) is 0.277. The number of hydrogen-bond donors (Lipinski definition) is 2. The van der Waals surface area contributed by atoms with Gasteiger partial charge in [0.25, 0.3) is 5.69 Å². The van der Waals surface area contributed by atoms with Gasteiger partial charge < -0.3 is 15.6 Å². The summed E-state index contributed by atoms with van der Waals surface area (Å²) in [6.45, 7) is -0.114. The number of aliphatic hydroxyl groups is 1. The van der Waals surface area contributed by atoms with Gasteiger partial charge in [-0.15, -0.1) is 0 Å². The molecule has 5 nitrogen and oxygen atoms in total. The van der Waals surface area contributed by atoms with Gasteiger partial charge in [-0.05, 0) is 18.2 Å². The Morgan fingerprint density at radius 1 is 1.24 bits per heavy atom. The van der Waals surface area contributed by atoms with Gasteiger partial charge in [-0.1, -0.05) is 29.3 Å². The van der Waals surface area contributed by atoms with E-state index in [0.717, 1.165) is 0 Å². The quantitative estimate of drug-likeness (QED) is 0.667. The summed E-state index contributed by atoms with van der Waals surface area (Å²) in [6.07, 6.45) is 0.148. The summed E-state index contributed by atoms with van der Waals surface area (Å²) in [6, 6.07) is 9.32. The number of carbonyl (C=O) groups excluding carboxylic acids is 1. The Labute approximate surface area is 131 Å². The first-order valence-corrected chi connectivity index (χ1v) is 6.84. The number of hydrogen-bond acceptors (Lipinski definition) is 3. The molecule has 0 saturated heterocycles. The van der Waals surface area contributed by atoms with Crippen molar-refractivity contribution < 1.29 is 14.6 Å². The summed E-state index contributed by atoms with van der Waals surface area (Å²) in [5.74, 6) is -0.590. The van der Waals surface area contributed by atoms with Crippen LogP contribution in [0.3, 0.4) is 0 Å². The molecule has 2 rings (SSSR count). The molecule has 0 aliphatic rings. The summed E-state index contributed by atoms with van der Waals surface area (Å²) in [4.78, 5) is 11.9. The molecule has 1 heterocycles. The lowest BCUT2D eigenvalue weighted by Crippen LogP contribution is -2.40. The van der Waals surface area contributed by atoms with Crippen molar-refractivity contribution in [1.29, 1.82) is 0 Å². The van der Waals surface area contributed by atoms with Crippen LogP contribution in [0, 0.1) is 5.21 Å². The molecule has 0 spiro atoms. The average molecular weight is 327 g/mol. The van der Waals surface area contributed by atoms with E-state index >= 15 is 0 Å². The number of aliphatic hydroxyl groups excluding tert-OH is 1. The highest BCUT2D eigenvalue weighted by atomic mass is 35.5. The van der Waals surface area contributed by atoms with Crippen LogP contribution in [-0.4, -0.2) is 17.6 Å². The van der Waals surface area contributed by atoms with Gasteiger partial charge in [-0.3, -0.25) is 4.79 Å². The summed E-state index contributed by atoms with van der Waals surface area (Å²) >= 11 is 11.9. The van der Waals surface area contributed by atoms with Crippen LogP contribution >= 0.6 is 23.2 Å². The van der Waals surface area contributed by atoms with E-state index < -0.39 is 12.0 Å². The standard InChI is InChI=1S/C14H12Cl2N2O3/c15-9-4-3-5-10(16)13(9)12(19)8-17-14(20)11-6-1-2-7-18(11)21/h1-7,12,19H,8H2,(H,17,20). The Morgan fingerprint density at radius 3 is 2.52 bits per heavy atom. The van der Waals surface area contributed by atoms with Crippen molar-refractivity contribution in [1.82, 2.24) is 5.32 Å². The number of nitrogens with one attached hydrogen (secondary N) is 1. The number of nitrogens with zero attached hydrogens (tertiary/aromatic N) is 1. The van der Waals surface area contributed by atoms with Crippen LogP contribution in [-0.2, 0) is 0 Å². The number of rotatable bonds is 4. The van der Waals surface area contributed by atoms with Crippen LogP contribution in [0.4, 0.5) is 0 Å². The molecule has 21 heavy (non-hydrogen) atoms. The van der Waals surface area contributed by atoms with E-state index in [0.29, 0.717) is 20.3 Å². The Bertz CT molecular complexity index is 644. The molecular formula is C14H12Cl2N2O3. The lowest BCUT2D eigenvalue weighted by atomic mass is 10.1. The van der Waals surface area contributed by atoms with Crippen molar-refractivity contribution in [2.45, 2.75) is 6.10 Å². The number of pyridine rings is 1. The second-order valence-electron chi connectivity index (χ2n) is 4.27. The number of carbonyl (C=O) groups is 1. The summed E-state index contributed by atoms with van der Waals surface area (Å²) in [5, 5.41) is 24.6. The molecule has 1 aromatic heterocycles. The lowest BCUT2D eigenvalue weighted by molar-refractivity contribution is -0.607. The van der Waals surface area contributed by atoms with Crippen molar-refractivity contribution in [3.05, 3.63) is 69.1 Å². The molecule has 0 aliphatic heterocycles. The monoisotopic (exact) mass is 326 g/mol. The number of amides is 1. The van der Waals surface area contributed by atoms with Crippen LogP contribution in [0.2, 0.25) is 10.0 Å². The topological polar surface area (TPSA) is 76.3 Å². The average Bonchev–Trinajstić information content (AvgIpc) is 2.45. The van der Waals surface area contributed by atoms with E-state index in [2.05, 4.69) is 5.32 Å². The molecule has 110 valence electrons. The van der Waals surface area contributed by atoms with Gasteiger partial charge in [0, 0.05) is 34.3 Å². The zero-order chi connectivity index (χ0) is 15.4. The first-order valence-electron chi connectivity index (χ1n) is 6.09. The molecule has 0 bridgehead atoms. The van der Waals surface area contributed by atoms with Crippen LogP contribution in [0.5, 0.6) is 0 Å². The predicted molar refractivity (Wildman–Crippen MR) is 79.2 cm³/mol. The van der Waals surface area contributed by atoms with Crippen LogP contribution in [0.25, 0.3) is 0 Å². The Hall–Kier alpha value is -1.82. The van der Waals surface area contributed by atoms with Gasteiger partial charge in [0.2, 0.25) is 0 Å². The molecular weight excluding hydrogens is 315 g/mol. The van der Waals surface area contributed by atoms with E-state index in [-0.39, 0.29) is 12.2 Å². The third-order valence-corrected chi connectivity index (χ3v) is 3.50. The Morgan fingerprint density at radius 2 is 1.90 bits per heavy atom. The minimum atomic E-state index is -1.07. The zero-order valence-electron chi connectivity index (χ0n) is 10.8. The van der Waals surface area contributed by atoms with Crippen LogP contribution in [0.1, 0.15) is 22.2 Å². The molecule has 1 amide bonds. The molecule has 2 N–H and O–H groups in total. The molecule has 0 fully saturated rings. The van der Waals surface area contributed by atoms with Crippen molar-refractivity contribution in [2.24, 2.45) is 0 Å². The van der Waals surface area contributed by atoms with Gasteiger partial charge in [-0.2, -0.15) is 4.73 Å². The van der Waals surface area contributed by atoms with E-state index in [4.69, 9.17) is 23.2 Å². The van der Waals surface area contributed by atoms with E-state index in [1.807, 2.05) is 0 Å². The SMILES string of the molecule is O=C(NCC(O)c1c(Cl)cccc1Cl)c1cccc[n+]1[O-]. The molecule has 1 atom stereocenters. The maximum atomic E-state index is 11.9. The number of halogens is 2. The molecule has 0 saturated carbocycles. The normalized spacial score (nSPS) is 12.0. The molecule has 0 aliphatic carbocycles. The number of benzene rings is 1. The first-order chi connectivity index (χ1) is 10.0. The molecule has 1 aromatic carbocycles. The smallest absolute Gasteiger partial charge is 0.317 e. The third-order valence-electron chi connectivity index (χ3n) is 2.85. The minimum absolute atomic E-state index is 0.0602. The fraction of sp³-hybridized carbons (Fsp3) is 0.143. The molecule has 0 radical (unpaired) electrons. The highest BCUT2D eigenvalue weighted by Crippen LogP contribution is 2.29. The second-order valence-corrected chi connectivity index (χ2v) is 5.09. The van der Waals surface area contributed by atoms with Gasteiger partial charge in [-0.25, -0.2) is 0 Å². The maximum Gasteiger partial charge on any atom is 0.317 e. The van der Waals surface area contributed by atoms with Gasteiger partial charge in [0.05, 0.1) is 6.10 Å². The van der Waals surface area contributed by atoms with E-state index in [1.165, 1.54) is 18.3 Å². The third kappa shape index (κ3) is 3.64. The molecule has 2 aromatic rings. The molecule has 1 unspecified atom stereocenters. The van der Waals surface area contributed by atoms with Gasteiger partial charge in [0.1, 0.15) is 0 Å². The largest absolute Gasteiger partial charge is 0.618 e. The fourth-order valence-corrected chi connectivity index (χ4v) is 2.46. The highest BCUT2D eigenvalue weighted by Gasteiger charge is 2.19. The summed E-state index contributed by atoms with van der Waals surface area (Å²) in [7, 11) is 0. The fourth-order valence-electron chi connectivity index (χ4n) is 1.82. The minimum Gasteiger partial charge on any atom is -0.618 e. The van der Waals surface area contributed by atoms with Crippen molar-refractivity contribution in [3.63, 3.8) is 0 Å². The lowest BCUT2D eigenvalue weighted by Gasteiger charge is -2.15. The molecule has 7 heteroatoms. The van der Waals surface area contributed by atoms with Crippen molar-refractivity contribution in [2.75, 3.05) is 6.54 Å².